The normalized spacial score (nSPS) is 11.8. The van der Waals surface area contributed by atoms with Crippen molar-refractivity contribution < 1.29 is 5.21 Å². The Hall–Kier alpha value is -1.30. The topological polar surface area (TPSA) is 74.7 Å². The summed E-state index contributed by atoms with van der Waals surface area (Å²) in [5.41, 5.74) is 6.36. The van der Waals surface area contributed by atoms with Gasteiger partial charge in [0.2, 0.25) is 0 Å². The molecule has 0 aromatic carbocycles. The minimum Gasteiger partial charge on any atom is -0.409 e. The lowest BCUT2D eigenvalue weighted by atomic mass is 10.3. The predicted octanol–water partition coefficient (Wildman–Crippen LogP) is 0.806. The van der Waals surface area contributed by atoms with E-state index < -0.39 is 0 Å². The van der Waals surface area contributed by atoms with E-state index >= 15 is 0 Å². The van der Waals surface area contributed by atoms with Gasteiger partial charge in [-0.05, 0) is 6.92 Å². The van der Waals surface area contributed by atoms with Crippen LogP contribution < -0.4 is 10.6 Å². The number of hydrogen-bond donors (Lipinski definition) is 2. The number of nitrogens with two attached hydrogens (primary N) is 1. The smallest absolute Gasteiger partial charge is 0.185 e. The summed E-state index contributed by atoms with van der Waals surface area (Å²) in [5, 5.41) is 12.3. The zero-order valence-corrected chi connectivity index (χ0v) is 9.30. The highest BCUT2D eigenvalue weighted by Gasteiger charge is 2.10. The van der Waals surface area contributed by atoms with Gasteiger partial charge in [0.05, 0.1) is 5.69 Å². The van der Waals surface area contributed by atoms with Crippen LogP contribution in [0.25, 0.3) is 0 Å². The molecule has 1 aromatic rings. The van der Waals surface area contributed by atoms with Crippen LogP contribution in [0.15, 0.2) is 5.16 Å². The number of thiazole rings is 1. The van der Waals surface area contributed by atoms with Crippen molar-refractivity contribution in [1.82, 2.24) is 4.98 Å². The maximum Gasteiger partial charge on any atom is 0.185 e. The molecule has 78 valence electrons. The van der Waals surface area contributed by atoms with Crippen LogP contribution in [0, 0.1) is 6.92 Å². The van der Waals surface area contributed by atoms with Gasteiger partial charge in [0, 0.05) is 25.4 Å². The molecule has 0 radical (unpaired) electrons. The molecule has 14 heavy (non-hydrogen) atoms. The fourth-order valence-corrected chi connectivity index (χ4v) is 1.97. The summed E-state index contributed by atoms with van der Waals surface area (Å²) in [7, 11) is 3.87. The maximum absolute atomic E-state index is 8.44. The molecule has 0 aliphatic heterocycles. The van der Waals surface area contributed by atoms with E-state index in [2.05, 4.69) is 10.1 Å². The standard InChI is InChI=1S/C8H14N4OS/c1-5-6(4-7(9)11-13)14-8(10-5)12(2)3/h13H,4H2,1-3H3,(H2,9,11). The molecule has 3 N–H and O–H groups in total. The van der Waals surface area contributed by atoms with Gasteiger partial charge in [-0.15, -0.1) is 11.3 Å². The van der Waals surface area contributed by atoms with Crippen LogP contribution in [-0.4, -0.2) is 30.1 Å². The number of rotatable bonds is 3. The molecule has 0 unspecified atom stereocenters. The molecule has 6 heteroatoms. The molecule has 1 heterocycles. The molecule has 0 saturated heterocycles. The number of amidine groups is 1. The number of oxime groups is 1. The molecule has 0 aliphatic rings. The summed E-state index contributed by atoms with van der Waals surface area (Å²) in [4.78, 5) is 7.32. The first-order chi connectivity index (χ1) is 6.54. The molecular formula is C8H14N4OS. The third-order valence-electron chi connectivity index (χ3n) is 1.73. The Morgan fingerprint density at radius 3 is 2.71 bits per heavy atom. The summed E-state index contributed by atoms with van der Waals surface area (Å²) < 4.78 is 0. The van der Waals surface area contributed by atoms with Crippen molar-refractivity contribution in [2.45, 2.75) is 13.3 Å². The van der Waals surface area contributed by atoms with Gasteiger partial charge in [-0.1, -0.05) is 5.16 Å². The van der Waals surface area contributed by atoms with Gasteiger partial charge in [-0.3, -0.25) is 0 Å². The zero-order valence-electron chi connectivity index (χ0n) is 8.48. The van der Waals surface area contributed by atoms with Crippen LogP contribution in [0.2, 0.25) is 0 Å². The zero-order chi connectivity index (χ0) is 10.7. The van der Waals surface area contributed by atoms with Crippen molar-refractivity contribution in [2.75, 3.05) is 19.0 Å². The monoisotopic (exact) mass is 214 g/mol. The molecule has 0 bridgehead atoms. The SMILES string of the molecule is Cc1nc(N(C)C)sc1C/C(N)=N/O. The van der Waals surface area contributed by atoms with Gasteiger partial charge in [0.15, 0.2) is 5.13 Å². The maximum atomic E-state index is 8.44. The van der Waals surface area contributed by atoms with Crippen molar-refractivity contribution in [3.05, 3.63) is 10.6 Å². The molecule has 0 fully saturated rings. The van der Waals surface area contributed by atoms with Crippen molar-refractivity contribution in [2.24, 2.45) is 10.9 Å². The lowest BCUT2D eigenvalue weighted by molar-refractivity contribution is 0.317. The summed E-state index contributed by atoms with van der Waals surface area (Å²) >= 11 is 1.55. The Morgan fingerprint density at radius 1 is 1.64 bits per heavy atom. The molecule has 0 amide bonds. The van der Waals surface area contributed by atoms with Gasteiger partial charge in [-0.25, -0.2) is 4.98 Å². The second kappa shape index (κ2) is 4.28. The average molecular weight is 214 g/mol. The van der Waals surface area contributed by atoms with E-state index in [1.54, 1.807) is 11.3 Å². The molecule has 1 rings (SSSR count). The average Bonchev–Trinajstić information content (AvgIpc) is 2.48. The molecule has 0 saturated carbocycles. The first-order valence-electron chi connectivity index (χ1n) is 4.14. The highest BCUT2D eigenvalue weighted by Crippen LogP contribution is 2.24. The largest absolute Gasteiger partial charge is 0.409 e. The number of aryl methyl sites for hydroxylation is 1. The summed E-state index contributed by atoms with van der Waals surface area (Å²) in [6.45, 7) is 1.92. The first kappa shape index (κ1) is 10.8. The predicted molar refractivity (Wildman–Crippen MR) is 58.3 cm³/mol. The van der Waals surface area contributed by atoms with Gasteiger partial charge in [0.25, 0.3) is 0 Å². The van der Waals surface area contributed by atoms with Crippen molar-refractivity contribution in [3.63, 3.8) is 0 Å². The molecule has 1 aromatic heterocycles. The van der Waals surface area contributed by atoms with Gasteiger partial charge in [0.1, 0.15) is 5.84 Å². The van der Waals surface area contributed by atoms with E-state index in [0.29, 0.717) is 6.42 Å². The van der Waals surface area contributed by atoms with Crippen LogP contribution >= 0.6 is 11.3 Å². The number of hydrogen-bond acceptors (Lipinski definition) is 5. The summed E-state index contributed by atoms with van der Waals surface area (Å²) in [5.74, 6) is 0.210. The fourth-order valence-electron chi connectivity index (χ4n) is 0.968. The Labute approximate surface area is 86.9 Å². The van der Waals surface area contributed by atoms with E-state index in [-0.39, 0.29) is 5.84 Å². The minimum atomic E-state index is 0.210. The van der Waals surface area contributed by atoms with Crippen LogP contribution in [0.1, 0.15) is 10.6 Å². The van der Waals surface area contributed by atoms with Crippen molar-refractivity contribution >= 4 is 22.3 Å². The van der Waals surface area contributed by atoms with Gasteiger partial charge >= 0.3 is 0 Å². The third-order valence-corrected chi connectivity index (χ3v) is 3.06. The van der Waals surface area contributed by atoms with E-state index in [1.807, 2.05) is 25.9 Å². The molecule has 0 aliphatic carbocycles. The molecule has 5 nitrogen and oxygen atoms in total. The Kier molecular flexibility index (Phi) is 3.29. The second-order valence-electron chi connectivity index (χ2n) is 3.17. The van der Waals surface area contributed by atoms with E-state index in [4.69, 9.17) is 10.9 Å². The van der Waals surface area contributed by atoms with Crippen LogP contribution in [0.5, 0.6) is 0 Å². The fraction of sp³-hybridized carbons (Fsp3) is 0.500. The van der Waals surface area contributed by atoms with Crippen molar-refractivity contribution in [3.8, 4) is 0 Å². The molecular weight excluding hydrogens is 200 g/mol. The van der Waals surface area contributed by atoms with E-state index in [9.17, 15) is 0 Å². The van der Waals surface area contributed by atoms with E-state index in [1.165, 1.54) is 0 Å². The highest BCUT2D eigenvalue weighted by atomic mass is 32.1. The van der Waals surface area contributed by atoms with Crippen molar-refractivity contribution in [1.29, 1.82) is 0 Å². The quantitative estimate of drug-likeness (QED) is 0.338. The number of anilines is 1. The van der Waals surface area contributed by atoms with E-state index in [0.717, 1.165) is 15.7 Å². The first-order valence-corrected chi connectivity index (χ1v) is 4.96. The lowest BCUT2D eigenvalue weighted by Crippen LogP contribution is -2.14. The summed E-state index contributed by atoms with van der Waals surface area (Å²) in [6.07, 6.45) is 0.452. The molecule has 0 spiro atoms. The van der Waals surface area contributed by atoms with Crippen LogP contribution in [0.4, 0.5) is 5.13 Å². The lowest BCUT2D eigenvalue weighted by Gasteiger charge is -2.05. The summed E-state index contributed by atoms with van der Waals surface area (Å²) in [6, 6.07) is 0. The highest BCUT2D eigenvalue weighted by molar-refractivity contribution is 7.15. The molecule has 0 atom stereocenters. The number of aromatic nitrogens is 1. The third kappa shape index (κ3) is 2.35. The van der Waals surface area contributed by atoms with Crippen LogP contribution in [0.3, 0.4) is 0 Å². The second-order valence-corrected chi connectivity index (χ2v) is 4.23. The Bertz CT molecular complexity index is 345. The van der Waals surface area contributed by atoms with Crippen LogP contribution in [-0.2, 0) is 6.42 Å². The Balaban J connectivity index is 2.88. The van der Waals surface area contributed by atoms with Gasteiger partial charge in [-0.2, -0.15) is 0 Å². The minimum absolute atomic E-state index is 0.210. The van der Waals surface area contributed by atoms with Gasteiger partial charge < -0.3 is 15.8 Å². The Morgan fingerprint density at radius 2 is 2.29 bits per heavy atom. The number of nitrogens with zero attached hydrogens (tertiary/aromatic N) is 3.